The van der Waals surface area contributed by atoms with E-state index >= 15 is 0 Å². The Balaban J connectivity index is 2.39. The minimum atomic E-state index is 0.613. The van der Waals surface area contributed by atoms with Crippen LogP contribution in [-0.2, 0) is 6.42 Å². The minimum Gasteiger partial charge on any atom is -0.330 e. The summed E-state index contributed by atoms with van der Waals surface area (Å²) in [5.41, 5.74) is 8.23. The van der Waals surface area contributed by atoms with E-state index in [1.807, 2.05) is 25.1 Å². The fourth-order valence-corrected chi connectivity index (χ4v) is 2.04. The van der Waals surface area contributed by atoms with Crippen LogP contribution >= 0.6 is 23.2 Å². The SMILES string of the molecule is Cc1nn(-c2ccc(CCN)cc2Cl)cc1Cl. The minimum absolute atomic E-state index is 0.613. The van der Waals surface area contributed by atoms with Gasteiger partial charge in [-0.3, -0.25) is 0 Å². The molecule has 1 aromatic carbocycles. The van der Waals surface area contributed by atoms with Gasteiger partial charge in [-0.1, -0.05) is 29.3 Å². The number of aromatic nitrogens is 2. The first-order valence-corrected chi connectivity index (χ1v) is 6.08. The van der Waals surface area contributed by atoms with Gasteiger partial charge < -0.3 is 5.73 Å². The van der Waals surface area contributed by atoms with Crippen LogP contribution in [-0.4, -0.2) is 16.3 Å². The summed E-state index contributed by atoms with van der Waals surface area (Å²) >= 11 is 12.2. The van der Waals surface area contributed by atoms with E-state index < -0.39 is 0 Å². The topological polar surface area (TPSA) is 43.8 Å². The molecule has 0 atom stereocenters. The third kappa shape index (κ3) is 2.63. The maximum absolute atomic E-state index is 6.22. The lowest BCUT2D eigenvalue weighted by molar-refractivity contribution is 0.860. The summed E-state index contributed by atoms with van der Waals surface area (Å²) in [6, 6.07) is 5.84. The molecule has 2 aromatic rings. The number of aryl methyl sites for hydroxylation is 1. The molecule has 0 aliphatic rings. The van der Waals surface area contributed by atoms with Gasteiger partial charge >= 0.3 is 0 Å². The highest BCUT2D eigenvalue weighted by Gasteiger charge is 2.08. The van der Waals surface area contributed by atoms with E-state index in [1.54, 1.807) is 10.9 Å². The van der Waals surface area contributed by atoms with E-state index in [-0.39, 0.29) is 0 Å². The van der Waals surface area contributed by atoms with Gasteiger partial charge in [0.15, 0.2) is 0 Å². The van der Waals surface area contributed by atoms with E-state index in [1.165, 1.54) is 0 Å². The Morgan fingerprint density at radius 2 is 2.06 bits per heavy atom. The van der Waals surface area contributed by atoms with E-state index in [0.717, 1.165) is 23.4 Å². The Kier molecular flexibility index (Phi) is 3.72. The Hall–Kier alpha value is -1.03. The maximum atomic E-state index is 6.22. The summed E-state index contributed by atoms with van der Waals surface area (Å²) < 4.78 is 1.69. The van der Waals surface area contributed by atoms with E-state index in [9.17, 15) is 0 Å². The first-order chi connectivity index (χ1) is 8.11. The number of halogens is 2. The molecule has 3 nitrogen and oxygen atoms in total. The van der Waals surface area contributed by atoms with Gasteiger partial charge in [0.25, 0.3) is 0 Å². The third-order valence-corrected chi connectivity index (χ3v) is 3.20. The Labute approximate surface area is 110 Å². The van der Waals surface area contributed by atoms with Crippen LogP contribution in [0.25, 0.3) is 5.69 Å². The van der Waals surface area contributed by atoms with Gasteiger partial charge in [-0.15, -0.1) is 0 Å². The zero-order valence-electron chi connectivity index (χ0n) is 9.45. The normalized spacial score (nSPS) is 10.8. The van der Waals surface area contributed by atoms with Gasteiger partial charge in [-0.25, -0.2) is 4.68 Å². The molecular formula is C12H13Cl2N3. The number of hydrogen-bond donors (Lipinski definition) is 1. The second kappa shape index (κ2) is 5.08. The van der Waals surface area contributed by atoms with Crippen molar-refractivity contribution in [2.45, 2.75) is 13.3 Å². The van der Waals surface area contributed by atoms with Gasteiger partial charge in [-0.2, -0.15) is 5.10 Å². The van der Waals surface area contributed by atoms with E-state index in [4.69, 9.17) is 28.9 Å². The standard InChI is InChI=1S/C12H13Cl2N3/c1-8-11(14)7-17(16-8)12-3-2-9(4-5-15)6-10(12)13/h2-3,6-7H,4-5,15H2,1H3. The zero-order chi connectivity index (χ0) is 12.4. The average molecular weight is 270 g/mol. The highest BCUT2D eigenvalue weighted by molar-refractivity contribution is 6.32. The molecule has 2 rings (SSSR count). The Bertz CT molecular complexity index is 515. The van der Waals surface area contributed by atoms with Crippen LogP contribution in [0, 0.1) is 6.92 Å². The first-order valence-electron chi connectivity index (χ1n) is 5.32. The van der Waals surface area contributed by atoms with Crippen LogP contribution in [0.3, 0.4) is 0 Å². The monoisotopic (exact) mass is 269 g/mol. The summed E-state index contributed by atoms with van der Waals surface area (Å²) in [4.78, 5) is 0. The highest BCUT2D eigenvalue weighted by atomic mass is 35.5. The molecule has 0 bridgehead atoms. The van der Waals surface area contributed by atoms with Crippen molar-refractivity contribution in [1.29, 1.82) is 0 Å². The number of nitrogens with zero attached hydrogens (tertiary/aromatic N) is 2. The second-order valence-corrected chi connectivity index (χ2v) is 4.65. The van der Waals surface area contributed by atoms with Crippen molar-refractivity contribution in [2.24, 2.45) is 5.73 Å². The van der Waals surface area contributed by atoms with Crippen LogP contribution in [0.5, 0.6) is 0 Å². The molecule has 2 N–H and O–H groups in total. The largest absolute Gasteiger partial charge is 0.330 e. The molecule has 17 heavy (non-hydrogen) atoms. The van der Waals surface area contributed by atoms with Gasteiger partial charge in [0.2, 0.25) is 0 Å². The number of rotatable bonds is 3. The molecule has 1 heterocycles. The van der Waals surface area contributed by atoms with Crippen molar-refractivity contribution < 1.29 is 0 Å². The molecule has 0 radical (unpaired) electrons. The van der Waals surface area contributed by atoms with Crippen LogP contribution in [0.1, 0.15) is 11.3 Å². The maximum Gasteiger partial charge on any atom is 0.0832 e. The predicted octanol–water partition coefficient (Wildman–Crippen LogP) is 2.99. The molecule has 0 spiro atoms. The Morgan fingerprint density at radius 1 is 1.29 bits per heavy atom. The summed E-state index contributed by atoms with van der Waals surface area (Å²) in [7, 11) is 0. The second-order valence-electron chi connectivity index (χ2n) is 3.83. The quantitative estimate of drug-likeness (QED) is 0.931. The lowest BCUT2D eigenvalue weighted by Gasteiger charge is -2.06. The average Bonchev–Trinajstić information content (AvgIpc) is 2.59. The van der Waals surface area contributed by atoms with Crippen molar-refractivity contribution in [2.75, 3.05) is 6.54 Å². The van der Waals surface area contributed by atoms with Gasteiger partial charge in [0, 0.05) is 6.20 Å². The molecule has 0 amide bonds. The molecule has 1 aromatic heterocycles. The molecule has 0 unspecified atom stereocenters. The van der Waals surface area contributed by atoms with Crippen LogP contribution < -0.4 is 5.73 Å². The number of nitrogens with two attached hydrogens (primary N) is 1. The number of hydrogen-bond acceptors (Lipinski definition) is 2. The van der Waals surface area contributed by atoms with Crippen LogP contribution in [0.2, 0.25) is 10.0 Å². The van der Waals surface area contributed by atoms with Crippen LogP contribution in [0.15, 0.2) is 24.4 Å². The highest BCUT2D eigenvalue weighted by Crippen LogP contribution is 2.24. The first kappa shape index (κ1) is 12.4. The molecule has 0 aliphatic carbocycles. The van der Waals surface area contributed by atoms with Gasteiger partial charge in [0.1, 0.15) is 0 Å². The van der Waals surface area contributed by atoms with Crippen molar-refractivity contribution in [1.82, 2.24) is 9.78 Å². The summed E-state index contributed by atoms with van der Waals surface area (Å²) in [5.74, 6) is 0. The summed E-state index contributed by atoms with van der Waals surface area (Å²) in [6.45, 7) is 2.47. The lowest BCUT2D eigenvalue weighted by atomic mass is 10.1. The molecule has 0 saturated carbocycles. The van der Waals surface area contributed by atoms with Crippen molar-refractivity contribution >= 4 is 23.2 Å². The zero-order valence-corrected chi connectivity index (χ0v) is 11.0. The molecule has 90 valence electrons. The summed E-state index contributed by atoms with van der Waals surface area (Å²) in [5, 5.41) is 5.57. The van der Waals surface area contributed by atoms with Gasteiger partial charge in [-0.05, 0) is 37.6 Å². The summed E-state index contributed by atoms with van der Waals surface area (Å²) in [6.07, 6.45) is 2.57. The molecule has 0 fully saturated rings. The molecule has 5 heteroatoms. The van der Waals surface area contributed by atoms with Crippen molar-refractivity contribution in [3.05, 3.63) is 45.7 Å². The Morgan fingerprint density at radius 3 is 2.59 bits per heavy atom. The molecular weight excluding hydrogens is 257 g/mol. The third-order valence-electron chi connectivity index (χ3n) is 2.53. The molecule has 0 aliphatic heterocycles. The molecule has 0 saturated heterocycles. The van der Waals surface area contributed by atoms with Crippen molar-refractivity contribution in [3.8, 4) is 5.69 Å². The fourth-order valence-electron chi connectivity index (χ4n) is 1.62. The number of benzene rings is 1. The van der Waals surface area contributed by atoms with Crippen LogP contribution in [0.4, 0.5) is 0 Å². The van der Waals surface area contributed by atoms with Crippen molar-refractivity contribution in [3.63, 3.8) is 0 Å². The fraction of sp³-hybridized carbons (Fsp3) is 0.250. The van der Waals surface area contributed by atoms with E-state index in [2.05, 4.69) is 5.10 Å². The van der Waals surface area contributed by atoms with Gasteiger partial charge in [0.05, 0.1) is 21.4 Å². The smallest absolute Gasteiger partial charge is 0.0832 e. The predicted molar refractivity (Wildman–Crippen MR) is 71.1 cm³/mol. The lowest BCUT2D eigenvalue weighted by Crippen LogP contribution is -2.03. The van der Waals surface area contributed by atoms with E-state index in [0.29, 0.717) is 16.6 Å².